The van der Waals surface area contributed by atoms with Crippen LogP contribution in [-0.2, 0) is 4.74 Å². The van der Waals surface area contributed by atoms with Gasteiger partial charge in [-0.2, -0.15) is 0 Å². The van der Waals surface area contributed by atoms with Crippen LogP contribution < -0.4 is 5.32 Å². The lowest BCUT2D eigenvalue weighted by molar-refractivity contribution is 0.0483. The fraction of sp³-hybridized carbons (Fsp3) is 1.00. The molecule has 0 amide bonds. The Morgan fingerprint density at radius 2 is 2.18 bits per heavy atom. The Hall–Kier alpha value is -0.120. The summed E-state index contributed by atoms with van der Waals surface area (Å²) in [5, 5.41) is 3.64. The zero-order valence-electron chi connectivity index (χ0n) is 11.5. The third kappa shape index (κ3) is 3.67. The smallest absolute Gasteiger partial charge is 0.0702 e. The van der Waals surface area contributed by atoms with Gasteiger partial charge in [0.05, 0.1) is 6.10 Å². The van der Waals surface area contributed by atoms with Gasteiger partial charge >= 0.3 is 0 Å². The van der Waals surface area contributed by atoms with Crippen LogP contribution in [0.25, 0.3) is 0 Å². The topological polar surface area (TPSA) is 24.5 Å². The summed E-state index contributed by atoms with van der Waals surface area (Å²) in [5.74, 6) is 0.824. The second-order valence-corrected chi connectivity index (χ2v) is 5.52. The van der Waals surface area contributed by atoms with Gasteiger partial charge in [-0.3, -0.25) is 0 Å². The molecule has 3 heteroatoms. The number of ether oxygens (including phenoxy) is 1. The van der Waals surface area contributed by atoms with Crippen LogP contribution >= 0.6 is 0 Å². The van der Waals surface area contributed by atoms with Gasteiger partial charge in [-0.15, -0.1) is 0 Å². The number of likely N-dealkylation sites (tertiary alicyclic amines) is 1. The summed E-state index contributed by atoms with van der Waals surface area (Å²) in [6, 6.07) is 0.741. The second-order valence-electron chi connectivity index (χ2n) is 5.52. The second kappa shape index (κ2) is 6.72. The summed E-state index contributed by atoms with van der Waals surface area (Å²) in [6.45, 7) is 10.3. The van der Waals surface area contributed by atoms with Gasteiger partial charge in [0.15, 0.2) is 0 Å². The lowest BCUT2D eigenvalue weighted by Crippen LogP contribution is -2.50. The molecular formula is C14H28N2O. The van der Waals surface area contributed by atoms with Crippen molar-refractivity contribution in [2.24, 2.45) is 5.92 Å². The van der Waals surface area contributed by atoms with Crippen molar-refractivity contribution >= 4 is 0 Å². The first-order valence-corrected chi connectivity index (χ1v) is 7.40. The van der Waals surface area contributed by atoms with Crippen molar-refractivity contribution in [1.82, 2.24) is 10.2 Å². The molecule has 2 heterocycles. The maximum Gasteiger partial charge on any atom is 0.0702 e. The Labute approximate surface area is 106 Å². The fourth-order valence-corrected chi connectivity index (χ4v) is 3.29. The quantitative estimate of drug-likeness (QED) is 0.794. The van der Waals surface area contributed by atoms with Gasteiger partial charge in [-0.1, -0.05) is 20.3 Å². The van der Waals surface area contributed by atoms with Gasteiger partial charge in [0.25, 0.3) is 0 Å². The van der Waals surface area contributed by atoms with E-state index in [0.29, 0.717) is 6.10 Å². The van der Waals surface area contributed by atoms with Gasteiger partial charge in [0.2, 0.25) is 0 Å². The van der Waals surface area contributed by atoms with Crippen LogP contribution in [0.3, 0.4) is 0 Å². The van der Waals surface area contributed by atoms with Gasteiger partial charge in [0.1, 0.15) is 0 Å². The van der Waals surface area contributed by atoms with E-state index in [2.05, 4.69) is 24.1 Å². The summed E-state index contributed by atoms with van der Waals surface area (Å²) >= 11 is 0. The Morgan fingerprint density at radius 1 is 1.29 bits per heavy atom. The third-order valence-electron chi connectivity index (χ3n) is 4.29. The highest BCUT2D eigenvalue weighted by Crippen LogP contribution is 2.22. The first kappa shape index (κ1) is 13.3. The van der Waals surface area contributed by atoms with E-state index in [1.54, 1.807) is 0 Å². The van der Waals surface area contributed by atoms with E-state index in [0.717, 1.165) is 31.7 Å². The number of hydrogen-bond donors (Lipinski definition) is 1. The lowest BCUT2D eigenvalue weighted by Gasteiger charge is -2.39. The standard InChI is InChI=1S/C14H28N2O/c1-3-12-10-16(8-7-14(12)15-4-2)11-13-6-5-9-17-13/h12-15H,3-11H2,1-2H3. The molecule has 0 aromatic carbocycles. The van der Waals surface area contributed by atoms with Crippen molar-refractivity contribution in [3.05, 3.63) is 0 Å². The lowest BCUT2D eigenvalue weighted by atomic mass is 9.89. The van der Waals surface area contributed by atoms with Crippen molar-refractivity contribution in [2.45, 2.75) is 51.7 Å². The maximum atomic E-state index is 5.74. The van der Waals surface area contributed by atoms with Gasteiger partial charge < -0.3 is 15.0 Å². The molecule has 2 aliphatic rings. The Bertz CT molecular complexity index is 216. The Balaban J connectivity index is 1.78. The van der Waals surface area contributed by atoms with E-state index in [1.165, 1.54) is 38.8 Å². The van der Waals surface area contributed by atoms with Crippen molar-refractivity contribution in [2.75, 3.05) is 32.8 Å². The van der Waals surface area contributed by atoms with E-state index in [9.17, 15) is 0 Å². The van der Waals surface area contributed by atoms with E-state index < -0.39 is 0 Å². The normalized spacial score (nSPS) is 35.3. The minimum atomic E-state index is 0.517. The SMILES string of the molecule is CCNC1CCN(CC2CCCO2)CC1CC. The molecule has 17 heavy (non-hydrogen) atoms. The average Bonchev–Trinajstić information content (AvgIpc) is 2.84. The van der Waals surface area contributed by atoms with Crippen LogP contribution in [-0.4, -0.2) is 49.8 Å². The Morgan fingerprint density at radius 3 is 2.82 bits per heavy atom. The van der Waals surface area contributed by atoms with E-state index in [4.69, 9.17) is 4.74 Å². The first-order valence-electron chi connectivity index (χ1n) is 7.40. The summed E-state index contributed by atoms with van der Waals surface area (Å²) < 4.78 is 5.74. The van der Waals surface area contributed by atoms with Crippen LogP contribution in [0.4, 0.5) is 0 Å². The van der Waals surface area contributed by atoms with E-state index in [-0.39, 0.29) is 0 Å². The number of nitrogens with zero attached hydrogens (tertiary/aromatic N) is 1. The minimum Gasteiger partial charge on any atom is -0.377 e. The molecule has 1 N–H and O–H groups in total. The monoisotopic (exact) mass is 240 g/mol. The molecule has 2 saturated heterocycles. The molecule has 2 fully saturated rings. The molecule has 2 aliphatic heterocycles. The molecule has 0 radical (unpaired) electrons. The molecule has 3 nitrogen and oxygen atoms in total. The fourth-order valence-electron chi connectivity index (χ4n) is 3.29. The summed E-state index contributed by atoms with van der Waals surface area (Å²) in [6.07, 6.45) is 5.64. The zero-order valence-corrected chi connectivity index (χ0v) is 11.5. The minimum absolute atomic E-state index is 0.517. The Kier molecular flexibility index (Phi) is 5.26. The number of piperidine rings is 1. The molecule has 100 valence electrons. The molecule has 3 atom stereocenters. The van der Waals surface area contributed by atoms with E-state index in [1.807, 2.05) is 0 Å². The molecule has 0 spiro atoms. The molecular weight excluding hydrogens is 212 g/mol. The largest absolute Gasteiger partial charge is 0.377 e. The molecule has 0 aromatic heterocycles. The number of nitrogens with one attached hydrogen (secondary N) is 1. The summed E-state index contributed by atoms with van der Waals surface area (Å²) in [7, 11) is 0. The predicted molar refractivity (Wildman–Crippen MR) is 71.3 cm³/mol. The van der Waals surface area contributed by atoms with Crippen molar-refractivity contribution in [1.29, 1.82) is 0 Å². The predicted octanol–water partition coefficient (Wildman–Crippen LogP) is 1.88. The number of hydrogen-bond acceptors (Lipinski definition) is 3. The average molecular weight is 240 g/mol. The van der Waals surface area contributed by atoms with Gasteiger partial charge in [-0.25, -0.2) is 0 Å². The molecule has 0 aromatic rings. The van der Waals surface area contributed by atoms with Crippen LogP contribution in [0.2, 0.25) is 0 Å². The maximum absolute atomic E-state index is 5.74. The molecule has 0 aliphatic carbocycles. The van der Waals surface area contributed by atoms with Crippen LogP contribution in [0.1, 0.15) is 39.5 Å². The number of rotatable bonds is 5. The highest BCUT2D eigenvalue weighted by atomic mass is 16.5. The van der Waals surface area contributed by atoms with Crippen LogP contribution in [0.5, 0.6) is 0 Å². The molecule has 3 unspecified atom stereocenters. The summed E-state index contributed by atoms with van der Waals surface area (Å²) in [4.78, 5) is 2.62. The van der Waals surface area contributed by atoms with Crippen LogP contribution in [0, 0.1) is 5.92 Å². The van der Waals surface area contributed by atoms with Crippen molar-refractivity contribution < 1.29 is 4.74 Å². The first-order chi connectivity index (χ1) is 8.33. The van der Waals surface area contributed by atoms with Crippen LogP contribution in [0.15, 0.2) is 0 Å². The molecule has 0 bridgehead atoms. The third-order valence-corrected chi connectivity index (χ3v) is 4.29. The van der Waals surface area contributed by atoms with Gasteiger partial charge in [0, 0.05) is 25.7 Å². The van der Waals surface area contributed by atoms with Crippen molar-refractivity contribution in [3.63, 3.8) is 0 Å². The highest BCUT2D eigenvalue weighted by Gasteiger charge is 2.29. The van der Waals surface area contributed by atoms with Crippen molar-refractivity contribution in [3.8, 4) is 0 Å². The summed E-state index contributed by atoms with van der Waals surface area (Å²) in [5.41, 5.74) is 0. The molecule has 2 rings (SSSR count). The highest BCUT2D eigenvalue weighted by molar-refractivity contribution is 4.85. The van der Waals surface area contributed by atoms with Gasteiger partial charge in [-0.05, 0) is 38.3 Å². The zero-order chi connectivity index (χ0) is 12.1. The van der Waals surface area contributed by atoms with E-state index >= 15 is 0 Å². The molecule has 0 saturated carbocycles.